The highest BCUT2D eigenvalue weighted by Crippen LogP contribution is 2.34. The molecule has 1 aliphatic heterocycles. The van der Waals surface area contributed by atoms with Crippen LogP contribution in [0.1, 0.15) is 12.8 Å². The summed E-state index contributed by atoms with van der Waals surface area (Å²) in [6.07, 6.45) is 6.44. The monoisotopic (exact) mass is 239 g/mol. The molecule has 3 atom stereocenters. The van der Waals surface area contributed by atoms with E-state index in [1.54, 1.807) is 0 Å². The van der Waals surface area contributed by atoms with Gasteiger partial charge in [-0.1, -0.05) is 12.1 Å². The van der Waals surface area contributed by atoms with E-state index in [-0.39, 0.29) is 0 Å². The van der Waals surface area contributed by atoms with E-state index >= 15 is 0 Å². The van der Waals surface area contributed by atoms with Gasteiger partial charge in [-0.2, -0.15) is 0 Å². The van der Waals surface area contributed by atoms with E-state index in [4.69, 9.17) is 0 Å². The van der Waals surface area contributed by atoms with Crippen molar-refractivity contribution in [3.63, 3.8) is 0 Å². The SMILES string of the molecule is c1cc(NC2CC3CNC2C3)c2ccncc2c1. The number of nitrogens with zero attached hydrogens (tertiary/aromatic N) is 1. The first-order valence-corrected chi connectivity index (χ1v) is 6.73. The number of pyridine rings is 1. The fourth-order valence-corrected chi connectivity index (χ4v) is 3.46. The minimum Gasteiger partial charge on any atom is -0.380 e. The number of rotatable bonds is 2. The van der Waals surface area contributed by atoms with Crippen molar-refractivity contribution < 1.29 is 0 Å². The average molecular weight is 239 g/mol. The van der Waals surface area contributed by atoms with E-state index in [1.165, 1.54) is 35.8 Å². The van der Waals surface area contributed by atoms with Crippen LogP contribution in [0.2, 0.25) is 0 Å². The van der Waals surface area contributed by atoms with Gasteiger partial charge in [-0.15, -0.1) is 0 Å². The first kappa shape index (κ1) is 10.3. The Morgan fingerprint density at radius 3 is 3.06 bits per heavy atom. The standard InChI is InChI=1S/C15H17N3/c1-2-11-9-16-5-4-12(11)13(3-1)18-15-7-10-6-14(15)17-8-10/h1-5,9-10,14-15,17-18H,6-8H2. The quantitative estimate of drug-likeness (QED) is 0.845. The average Bonchev–Trinajstić information content (AvgIpc) is 3.01. The lowest BCUT2D eigenvalue weighted by molar-refractivity contribution is 0.467. The number of anilines is 1. The Morgan fingerprint density at radius 2 is 2.22 bits per heavy atom. The van der Waals surface area contributed by atoms with Crippen LogP contribution in [-0.4, -0.2) is 23.6 Å². The molecule has 2 heterocycles. The van der Waals surface area contributed by atoms with Gasteiger partial charge in [-0.05, 0) is 37.4 Å². The van der Waals surface area contributed by atoms with Gasteiger partial charge >= 0.3 is 0 Å². The maximum atomic E-state index is 4.18. The number of hydrogen-bond acceptors (Lipinski definition) is 3. The maximum Gasteiger partial charge on any atom is 0.0423 e. The number of fused-ring (bicyclic) bond motifs is 3. The van der Waals surface area contributed by atoms with Crippen LogP contribution < -0.4 is 10.6 Å². The maximum absolute atomic E-state index is 4.18. The molecule has 4 rings (SSSR count). The number of benzene rings is 1. The van der Waals surface area contributed by atoms with Crippen LogP contribution in [0.15, 0.2) is 36.7 Å². The topological polar surface area (TPSA) is 37.0 Å². The molecule has 0 radical (unpaired) electrons. The van der Waals surface area contributed by atoms with Gasteiger partial charge in [0.25, 0.3) is 0 Å². The van der Waals surface area contributed by atoms with Crippen LogP contribution in [0.25, 0.3) is 10.8 Å². The molecule has 3 nitrogen and oxygen atoms in total. The zero-order valence-electron chi connectivity index (χ0n) is 10.3. The highest BCUT2D eigenvalue weighted by atomic mass is 15.1. The molecule has 2 bridgehead atoms. The molecule has 0 amide bonds. The van der Waals surface area contributed by atoms with Crippen molar-refractivity contribution in [1.82, 2.24) is 10.3 Å². The van der Waals surface area contributed by atoms with Gasteiger partial charge in [0, 0.05) is 40.9 Å². The number of nitrogens with one attached hydrogen (secondary N) is 2. The number of aromatic nitrogens is 1. The van der Waals surface area contributed by atoms with E-state index in [1.807, 2.05) is 12.4 Å². The third-order valence-electron chi connectivity index (χ3n) is 4.35. The summed E-state index contributed by atoms with van der Waals surface area (Å²) in [5, 5.41) is 9.81. The van der Waals surface area contributed by atoms with Gasteiger partial charge in [-0.25, -0.2) is 0 Å². The third-order valence-corrected chi connectivity index (χ3v) is 4.35. The number of piperidine rings is 1. The Kier molecular flexibility index (Phi) is 2.27. The Hall–Kier alpha value is -1.61. The van der Waals surface area contributed by atoms with Crippen molar-refractivity contribution in [1.29, 1.82) is 0 Å². The molecule has 1 aromatic carbocycles. The van der Waals surface area contributed by atoms with Crippen LogP contribution in [0.3, 0.4) is 0 Å². The highest BCUT2D eigenvalue weighted by Gasteiger charge is 2.39. The van der Waals surface area contributed by atoms with Crippen LogP contribution in [0.5, 0.6) is 0 Å². The van der Waals surface area contributed by atoms with Crippen molar-refractivity contribution in [2.45, 2.75) is 24.9 Å². The van der Waals surface area contributed by atoms with Crippen LogP contribution >= 0.6 is 0 Å². The second kappa shape index (κ2) is 3.95. The molecule has 1 aliphatic carbocycles. The van der Waals surface area contributed by atoms with Crippen molar-refractivity contribution in [3.05, 3.63) is 36.7 Å². The fourth-order valence-electron chi connectivity index (χ4n) is 3.46. The molecule has 0 spiro atoms. The lowest BCUT2D eigenvalue weighted by Gasteiger charge is -2.25. The predicted octanol–water partition coefficient (Wildman–Crippen LogP) is 2.40. The molecule has 3 unspecified atom stereocenters. The summed E-state index contributed by atoms with van der Waals surface area (Å²) in [6, 6.07) is 9.74. The molecule has 2 fully saturated rings. The van der Waals surface area contributed by atoms with E-state index in [9.17, 15) is 0 Å². The van der Waals surface area contributed by atoms with E-state index < -0.39 is 0 Å². The Balaban J connectivity index is 1.67. The molecule has 1 saturated heterocycles. The second-order valence-corrected chi connectivity index (χ2v) is 5.51. The summed E-state index contributed by atoms with van der Waals surface area (Å²) in [7, 11) is 0. The Morgan fingerprint density at radius 1 is 1.22 bits per heavy atom. The summed E-state index contributed by atoms with van der Waals surface area (Å²) in [5.74, 6) is 0.879. The van der Waals surface area contributed by atoms with Gasteiger partial charge in [0.1, 0.15) is 0 Å². The largest absolute Gasteiger partial charge is 0.380 e. The fraction of sp³-hybridized carbons (Fsp3) is 0.400. The van der Waals surface area contributed by atoms with Crippen LogP contribution in [0, 0.1) is 5.92 Å². The van der Waals surface area contributed by atoms with Crippen molar-refractivity contribution in [2.24, 2.45) is 5.92 Å². The van der Waals surface area contributed by atoms with E-state index in [2.05, 4.69) is 39.9 Å². The molecular weight excluding hydrogens is 222 g/mol. The molecule has 3 heteroatoms. The van der Waals surface area contributed by atoms with E-state index in [0.717, 1.165) is 5.92 Å². The summed E-state index contributed by atoms with van der Waals surface area (Å²) < 4.78 is 0. The lowest BCUT2D eigenvalue weighted by atomic mass is 10.1. The first-order valence-electron chi connectivity index (χ1n) is 6.73. The van der Waals surface area contributed by atoms with Gasteiger partial charge in [0.2, 0.25) is 0 Å². The minimum absolute atomic E-state index is 0.586. The number of hydrogen-bond donors (Lipinski definition) is 2. The van der Waals surface area contributed by atoms with Gasteiger partial charge < -0.3 is 10.6 Å². The normalized spacial score (nSPS) is 29.9. The van der Waals surface area contributed by atoms with Gasteiger partial charge in [0.15, 0.2) is 0 Å². The molecule has 18 heavy (non-hydrogen) atoms. The second-order valence-electron chi connectivity index (χ2n) is 5.51. The predicted molar refractivity (Wildman–Crippen MR) is 73.7 cm³/mol. The molecular formula is C15H17N3. The van der Waals surface area contributed by atoms with Crippen molar-refractivity contribution in [3.8, 4) is 0 Å². The molecule has 1 saturated carbocycles. The molecule has 1 aromatic heterocycles. The van der Waals surface area contributed by atoms with Crippen LogP contribution in [-0.2, 0) is 0 Å². The minimum atomic E-state index is 0.586. The molecule has 2 aromatic rings. The zero-order valence-corrected chi connectivity index (χ0v) is 10.3. The van der Waals surface area contributed by atoms with Gasteiger partial charge in [0.05, 0.1) is 0 Å². The van der Waals surface area contributed by atoms with Crippen LogP contribution in [0.4, 0.5) is 5.69 Å². The summed E-state index contributed by atoms with van der Waals surface area (Å²) in [4.78, 5) is 4.18. The van der Waals surface area contributed by atoms with Gasteiger partial charge in [-0.3, -0.25) is 4.98 Å². The van der Waals surface area contributed by atoms with Crippen molar-refractivity contribution >= 4 is 16.5 Å². The smallest absolute Gasteiger partial charge is 0.0423 e. The zero-order chi connectivity index (χ0) is 11.9. The summed E-state index contributed by atoms with van der Waals surface area (Å²) in [6.45, 7) is 1.21. The Labute approximate surface area is 107 Å². The molecule has 2 N–H and O–H groups in total. The molecule has 2 aliphatic rings. The summed E-state index contributed by atoms with van der Waals surface area (Å²) in [5.41, 5.74) is 1.24. The van der Waals surface area contributed by atoms with Crippen molar-refractivity contribution in [2.75, 3.05) is 11.9 Å². The molecule has 92 valence electrons. The summed E-state index contributed by atoms with van der Waals surface area (Å²) >= 11 is 0. The first-order chi connectivity index (χ1) is 8.90. The lowest BCUT2D eigenvalue weighted by Crippen LogP contribution is -2.41. The van der Waals surface area contributed by atoms with E-state index in [0.29, 0.717) is 12.1 Å². The Bertz CT molecular complexity index is 575. The highest BCUT2D eigenvalue weighted by molar-refractivity contribution is 5.93. The third kappa shape index (κ3) is 1.58.